The van der Waals surface area contributed by atoms with Crippen LogP contribution in [0.4, 0.5) is 5.69 Å². The number of benzene rings is 1. The first-order valence-electron chi connectivity index (χ1n) is 8.65. The van der Waals surface area contributed by atoms with Gasteiger partial charge in [0.2, 0.25) is 5.91 Å². The minimum absolute atomic E-state index is 0.0803. The first kappa shape index (κ1) is 16.7. The van der Waals surface area contributed by atoms with Crippen LogP contribution in [-0.2, 0) is 11.3 Å². The zero-order valence-electron chi connectivity index (χ0n) is 14.5. The molecule has 5 nitrogen and oxygen atoms in total. The van der Waals surface area contributed by atoms with Crippen molar-refractivity contribution in [1.29, 1.82) is 0 Å². The molecule has 1 N–H and O–H groups in total. The van der Waals surface area contributed by atoms with Crippen molar-refractivity contribution < 1.29 is 4.79 Å². The zero-order valence-corrected chi connectivity index (χ0v) is 14.5. The molecular formula is C19H26N4O. The lowest BCUT2D eigenvalue weighted by Crippen LogP contribution is -2.40. The molecule has 128 valence electrons. The Labute approximate surface area is 143 Å². The van der Waals surface area contributed by atoms with Gasteiger partial charge in [-0.05, 0) is 62.9 Å². The largest absolute Gasteiger partial charge is 0.337 e. The fourth-order valence-corrected chi connectivity index (χ4v) is 3.28. The normalized spacial score (nSPS) is 16.2. The number of carbonyl (C=O) groups excluding carboxylic acids is 1. The van der Waals surface area contributed by atoms with Crippen LogP contribution in [-0.4, -0.2) is 40.0 Å². The van der Waals surface area contributed by atoms with E-state index in [2.05, 4.69) is 25.8 Å². The molecule has 0 atom stereocenters. The Hall–Kier alpha value is -2.14. The molecule has 0 unspecified atom stereocenters. The Kier molecular flexibility index (Phi) is 5.30. The number of amides is 1. The maximum absolute atomic E-state index is 12.3. The second-order valence-electron chi connectivity index (χ2n) is 6.85. The van der Waals surface area contributed by atoms with E-state index in [1.165, 1.54) is 0 Å². The molecule has 0 aliphatic carbocycles. The van der Waals surface area contributed by atoms with Crippen LogP contribution in [0.2, 0.25) is 0 Å². The fourth-order valence-electron chi connectivity index (χ4n) is 3.28. The van der Waals surface area contributed by atoms with Crippen LogP contribution in [0.1, 0.15) is 24.0 Å². The molecule has 1 aromatic carbocycles. The molecule has 0 radical (unpaired) electrons. The highest BCUT2D eigenvalue weighted by molar-refractivity contribution is 5.93. The van der Waals surface area contributed by atoms with Crippen molar-refractivity contribution in [2.24, 2.45) is 5.92 Å². The van der Waals surface area contributed by atoms with Gasteiger partial charge in [0, 0.05) is 24.6 Å². The molecule has 2 heterocycles. The Balaban J connectivity index is 1.45. The van der Waals surface area contributed by atoms with E-state index in [0.717, 1.165) is 49.3 Å². The number of aryl methyl sites for hydroxylation is 2. The quantitative estimate of drug-likeness (QED) is 0.919. The standard InChI is InChI=1S/C19H26N4O/c1-15-3-4-16(2)18(11-15)21-19(24)13-22-8-5-17(6-9-22)12-23-10-7-20-14-23/h3-4,7,10-11,14,17H,5-6,8-9,12-13H2,1-2H3,(H,21,24). The molecule has 0 spiro atoms. The fraction of sp³-hybridized carbons (Fsp3) is 0.474. The van der Waals surface area contributed by atoms with Gasteiger partial charge in [0.25, 0.3) is 0 Å². The highest BCUT2D eigenvalue weighted by atomic mass is 16.2. The summed E-state index contributed by atoms with van der Waals surface area (Å²) in [6, 6.07) is 6.15. The minimum atomic E-state index is 0.0803. The predicted molar refractivity (Wildman–Crippen MR) is 95.9 cm³/mol. The van der Waals surface area contributed by atoms with Crippen molar-refractivity contribution in [2.45, 2.75) is 33.2 Å². The van der Waals surface area contributed by atoms with Crippen molar-refractivity contribution in [2.75, 3.05) is 25.0 Å². The smallest absolute Gasteiger partial charge is 0.238 e. The number of piperidine rings is 1. The molecule has 1 amide bonds. The zero-order chi connectivity index (χ0) is 16.9. The molecule has 2 aromatic rings. The third-order valence-electron chi connectivity index (χ3n) is 4.77. The minimum Gasteiger partial charge on any atom is -0.337 e. The number of aromatic nitrogens is 2. The molecule has 1 aromatic heterocycles. The van der Waals surface area contributed by atoms with Crippen molar-refractivity contribution >= 4 is 11.6 Å². The maximum Gasteiger partial charge on any atom is 0.238 e. The van der Waals surface area contributed by atoms with E-state index in [-0.39, 0.29) is 5.91 Å². The van der Waals surface area contributed by atoms with Crippen molar-refractivity contribution in [3.63, 3.8) is 0 Å². The number of likely N-dealkylation sites (tertiary alicyclic amines) is 1. The number of anilines is 1. The van der Waals surface area contributed by atoms with Gasteiger partial charge in [-0.25, -0.2) is 4.98 Å². The SMILES string of the molecule is Cc1ccc(C)c(NC(=O)CN2CCC(Cn3ccnc3)CC2)c1. The van der Waals surface area contributed by atoms with E-state index in [1.54, 1.807) is 0 Å². The average Bonchev–Trinajstić information content (AvgIpc) is 3.06. The summed E-state index contributed by atoms with van der Waals surface area (Å²) in [7, 11) is 0. The molecule has 1 saturated heterocycles. The first-order valence-corrected chi connectivity index (χ1v) is 8.65. The van der Waals surface area contributed by atoms with E-state index in [1.807, 2.05) is 44.7 Å². The summed E-state index contributed by atoms with van der Waals surface area (Å²) in [5.74, 6) is 0.759. The van der Waals surface area contributed by atoms with Gasteiger partial charge >= 0.3 is 0 Å². The van der Waals surface area contributed by atoms with Gasteiger partial charge in [-0.1, -0.05) is 12.1 Å². The monoisotopic (exact) mass is 326 g/mol. The topological polar surface area (TPSA) is 50.2 Å². The Morgan fingerprint density at radius 1 is 1.29 bits per heavy atom. The second-order valence-corrected chi connectivity index (χ2v) is 6.85. The van der Waals surface area contributed by atoms with E-state index in [0.29, 0.717) is 12.5 Å². The molecule has 1 aliphatic rings. The van der Waals surface area contributed by atoms with Crippen LogP contribution in [0.15, 0.2) is 36.9 Å². The third kappa shape index (κ3) is 4.45. The van der Waals surface area contributed by atoms with Crippen LogP contribution in [0.25, 0.3) is 0 Å². The van der Waals surface area contributed by atoms with Gasteiger partial charge in [0.05, 0.1) is 12.9 Å². The maximum atomic E-state index is 12.3. The van der Waals surface area contributed by atoms with Crippen LogP contribution in [0.3, 0.4) is 0 Å². The number of carbonyl (C=O) groups is 1. The highest BCUT2D eigenvalue weighted by Gasteiger charge is 2.21. The van der Waals surface area contributed by atoms with Crippen molar-refractivity contribution in [3.05, 3.63) is 48.0 Å². The van der Waals surface area contributed by atoms with Crippen LogP contribution < -0.4 is 5.32 Å². The number of imidazole rings is 1. The van der Waals surface area contributed by atoms with Gasteiger partial charge in [-0.3, -0.25) is 9.69 Å². The van der Waals surface area contributed by atoms with Crippen molar-refractivity contribution in [1.82, 2.24) is 14.5 Å². The average molecular weight is 326 g/mol. The summed E-state index contributed by atoms with van der Waals surface area (Å²) < 4.78 is 2.15. The molecule has 3 rings (SSSR count). The van der Waals surface area contributed by atoms with E-state index >= 15 is 0 Å². The number of hydrogen-bond donors (Lipinski definition) is 1. The number of hydrogen-bond acceptors (Lipinski definition) is 3. The number of nitrogens with one attached hydrogen (secondary N) is 1. The molecule has 1 fully saturated rings. The summed E-state index contributed by atoms with van der Waals surface area (Å²) in [4.78, 5) is 18.7. The molecule has 5 heteroatoms. The predicted octanol–water partition coefficient (Wildman–Crippen LogP) is 2.85. The summed E-state index contributed by atoms with van der Waals surface area (Å²) in [6.45, 7) is 7.55. The lowest BCUT2D eigenvalue weighted by Gasteiger charge is -2.31. The van der Waals surface area contributed by atoms with E-state index < -0.39 is 0 Å². The van der Waals surface area contributed by atoms with Crippen LogP contribution in [0, 0.1) is 19.8 Å². The first-order chi connectivity index (χ1) is 11.6. The van der Waals surface area contributed by atoms with Crippen LogP contribution >= 0.6 is 0 Å². The highest BCUT2D eigenvalue weighted by Crippen LogP contribution is 2.20. The lowest BCUT2D eigenvalue weighted by molar-refractivity contribution is -0.117. The summed E-state index contributed by atoms with van der Waals surface area (Å²) in [5, 5.41) is 3.05. The summed E-state index contributed by atoms with van der Waals surface area (Å²) >= 11 is 0. The third-order valence-corrected chi connectivity index (χ3v) is 4.77. The molecular weight excluding hydrogens is 300 g/mol. The molecule has 0 bridgehead atoms. The summed E-state index contributed by atoms with van der Waals surface area (Å²) in [5.41, 5.74) is 3.19. The van der Waals surface area contributed by atoms with Gasteiger partial charge in [0.1, 0.15) is 0 Å². The van der Waals surface area contributed by atoms with E-state index in [4.69, 9.17) is 0 Å². The van der Waals surface area contributed by atoms with Gasteiger partial charge in [-0.15, -0.1) is 0 Å². The number of rotatable bonds is 5. The van der Waals surface area contributed by atoms with Gasteiger partial charge < -0.3 is 9.88 Å². The van der Waals surface area contributed by atoms with E-state index in [9.17, 15) is 4.79 Å². The number of nitrogens with zero attached hydrogens (tertiary/aromatic N) is 3. The Morgan fingerprint density at radius 3 is 2.79 bits per heavy atom. The molecule has 1 aliphatic heterocycles. The second kappa shape index (κ2) is 7.62. The lowest BCUT2D eigenvalue weighted by atomic mass is 9.97. The molecule has 24 heavy (non-hydrogen) atoms. The van der Waals surface area contributed by atoms with Crippen LogP contribution in [0.5, 0.6) is 0 Å². The van der Waals surface area contributed by atoms with Crippen molar-refractivity contribution in [3.8, 4) is 0 Å². The Bertz CT molecular complexity index is 673. The Morgan fingerprint density at radius 2 is 2.08 bits per heavy atom. The van der Waals surface area contributed by atoms with Gasteiger partial charge in [0.15, 0.2) is 0 Å². The molecule has 0 saturated carbocycles. The van der Waals surface area contributed by atoms with Gasteiger partial charge in [-0.2, -0.15) is 0 Å². The summed E-state index contributed by atoms with van der Waals surface area (Å²) in [6.07, 6.45) is 7.99.